The van der Waals surface area contributed by atoms with Gasteiger partial charge in [-0.15, -0.1) is 0 Å². The Labute approximate surface area is 196 Å². The van der Waals surface area contributed by atoms with E-state index in [9.17, 15) is 52.3 Å². The van der Waals surface area contributed by atoms with Crippen LogP contribution in [0.3, 0.4) is 0 Å². The lowest BCUT2D eigenvalue weighted by Crippen LogP contribution is -2.25. The highest BCUT2D eigenvalue weighted by atomic mass is 79.9. The third kappa shape index (κ3) is 4.87. The number of non-ortho nitro benzene ring substituents is 1. The second-order valence-electron chi connectivity index (χ2n) is 6.23. The maximum atomic E-state index is 14.6. The second-order valence-corrected chi connectivity index (χ2v) is 7.82. The smallest absolute Gasteiger partial charge is 0.333 e. The highest BCUT2D eigenvalue weighted by molar-refractivity contribution is 9.11. The Morgan fingerprint density at radius 2 is 1.42 bits per heavy atom. The summed E-state index contributed by atoms with van der Waals surface area (Å²) in [6, 6.07) is 0.318. The average molecular weight is 608 g/mol. The molecular weight excluding hydrogens is 599 g/mol. The largest absolute Gasteiger partial charge is 0.418 e. The van der Waals surface area contributed by atoms with Crippen molar-refractivity contribution >= 4 is 60.3 Å². The lowest BCUT2D eigenvalue weighted by atomic mass is 10.1. The van der Waals surface area contributed by atoms with E-state index in [0.717, 1.165) is 0 Å². The monoisotopic (exact) mass is 606 g/mol. The second kappa shape index (κ2) is 9.50. The van der Waals surface area contributed by atoms with Gasteiger partial charge in [-0.2, -0.15) is 22.0 Å². The summed E-state index contributed by atoms with van der Waals surface area (Å²) < 4.78 is 69.0. The number of nitrogens with zero attached hydrogens (tertiary/aromatic N) is 4. The highest BCUT2D eigenvalue weighted by Gasteiger charge is 2.43. The first-order chi connectivity index (χ1) is 15.1. The van der Waals surface area contributed by atoms with Crippen molar-refractivity contribution in [2.45, 2.75) is 19.5 Å². The maximum absolute atomic E-state index is 14.6. The lowest BCUT2D eigenvalue weighted by molar-refractivity contribution is -0.394. The molecule has 0 aliphatic carbocycles. The van der Waals surface area contributed by atoms with E-state index in [1.807, 2.05) is 0 Å². The highest BCUT2D eigenvalue weighted by Crippen LogP contribution is 2.51. The zero-order chi connectivity index (χ0) is 25.4. The third-order valence-corrected chi connectivity index (χ3v) is 5.62. The summed E-state index contributed by atoms with van der Waals surface area (Å²) in [7, 11) is 0. The summed E-state index contributed by atoms with van der Waals surface area (Å²) in [6.45, 7) is 0.924. The maximum Gasteiger partial charge on any atom is 0.418 e. The summed E-state index contributed by atoms with van der Waals surface area (Å²) in [5, 5.41) is 33.7. The van der Waals surface area contributed by atoms with E-state index in [1.54, 1.807) is 0 Å². The summed E-state index contributed by atoms with van der Waals surface area (Å²) in [5.41, 5.74) is -8.07. The molecule has 0 atom stereocenters. The van der Waals surface area contributed by atoms with Crippen LogP contribution in [-0.2, 0) is 6.18 Å². The minimum Gasteiger partial charge on any atom is -0.333 e. The zero-order valence-electron chi connectivity index (χ0n) is 16.0. The fraction of sp³-hybridized carbons (Fsp3) is 0.250. The molecule has 0 fully saturated rings. The van der Waals surface area contributed by atoms with Gasteiger partial charge in [0.15, 0.2) is 0 Å². The molecule has 0 unspecified atom stereocenters. The Bertz CT molecular complexity index is 1150. The Morgan fingerprint density at radius 1 is 0.909 bits per heavy atom. The van der Waals surface area contributed by atoms with Gasteiger partial charge in [-0.25, -0.2) is 0 Å². The SMILES string of the molecule is CCCN(c1c([N+](=O)[O-])cc([N+](=O)[O-])cc1C(F)(F)F)c1c(Br)c(F)c([N+](=O)[O-])c(F)c1Br. The van der Waals surface area contributed by atoms with Crippen molar-refractivity contribution in [3.63, 3.8) is 0 Å². The van der Waals surface area contributed by atoms with E-state index in [0.29, 0.717) is 4.90 Å². The topological polar surface area (TPSA) is 133 Å². The van der Waals surface area contributed by atoms with Crippen molar-refractivity contribution in [3.8, 4) is 0 Å². The van der Waals surface area contributed by atoms with Crippen LogP contribution >= 0.6 is 31.9 Å². The fourth-order valence-electron chi connectivity index (χ4n) is 2.91. The standard InChI is InChI=1S/C16H9Br2F5N4O6/c1-2-3-24(14-9(17)11(19)15(27(32)33)12(20)10(14)18)13-7(16(21,22)23)4-6(25(28)29)5-8(13)26(30)31/h4-5H,2-3H2,1H3. The van der Waals surface area contributed by atoms with Gasteiger partial charge in [0.2, 0.25) is 11.6 Å². The van der Waals surface area contributed by atoms with Gasteiger partial charge in [-0.3, -0.25) is 30.3 Å². The van der Waals surface area contributed by atoms with Crippen molar-refractivity contribution < 1.29 is 36.7 Å². The van der Waals surface area contributed by atoms with Crippen LogP contribution in [0.2, 0.25) is 0 Å². The average Bonchev–Trinajstić information content (AvgIpc) is 2.69. The van der Waals surface area contributed by atoms with Gasteiger partial charge in [-0.05, 0) is 38.3 Å². The molecule has 0 aromatic heterocycles. The minimum atomic E-state index is -5.37. The molecule has 0 saturated carbocycles. The van der Waals surface area contributed by atoms with E-state index in [-0.39, 0.29) is 18.6 Å². The number of anilines is 2. The van der Waals surface area contributed by atoms with Crippen molar-refractivity contribution in [1.82, 2.24) is 0 Å². The molecule has 0 saturated heterocycles. The molecule has 2 aromatic rings. The number of nitro groups is 3. The van der Waals surface area contributed by atoms with Crippen LogP contribution in [0.1, 0.15) is 18.9 Å². The fourth-order valence-corrected chi connectivity index (χ4v) is 4.38. The Hall–Kier alpha value is -2.95. The van der Waals surface area contributed by atoms with Crippen LogP contribution < -0.4 is 4.90 Å². The normalized spacial score (nSPS) is 11.4. The van der Waals surface area contributed by atoms with E-state index >= 15 is 0 Å². The van der Waals surface area contributed by atoms with Crippen LogP contribution in [0, 0.1) is 42.0 Å². The van der Waals surface area contributed by atoms with Crippen molar-refractivity contribution in [1.29, 1.82) is 0 Å². The van der Waals surface area contributed by atoms with Gasteiger partial charge in [0, 0.05) is 12.6 Å². The number of nitro benzene ring substituents is 3. The van der Waals surface area contributed by atoms with Gasteiger partial charge >= 0.3 is 11.9 Å². The number of benzene rings is 2. The molecule has 2 rings (SSSR count). The molecule has 17 heteroatoms. The molecule has 10 nitrogen and oxygen atoms in total. The molecule has 0 heterocycles. The zero-order valence-corrected chi connectivity index (χ0v) is 19.1. The number of alkyl halides is 3. The first kappa shape index (κ1) is 26.3. The van der Waals surface area contributed by atoms with Crippen LogP contribution in [0.25, 0.3) is 0 Å². The predicted octanol–water partition coefficient (Wildman–Crippen LogP) is 6.78. The molecule has 0 N–H and O–H groups in total. The summed E-state index contributed by atoms with van der Waals surface area (Å²) in [5.74, 6) is -3.56. The van der Waals surface area contributed by atoms with Crippen LogP contribution in [0.5, 0.6) is 0 Å². The van der Waals surface area contributed by atoms with E-state index in [2.05, 4.69) is 31.9 Å². The first-order valence-electron chi connectivity index (χ1n) is 8.46. The molecule has 0 spiro atoms. The number of hydrogen-bond acceptors (Lipinski definition) is 7. The third-order valence-electron chi connectivity index (χ3n) is 4.17. The molecule has 178 valence electrons. The molecule has 2 aromatic carbocycles. The summed E-state index contributed by atoms with van der Waals surface area (Å²) in [6.07, 6.45) is -5.39. The van der Waals surface area contributed by atoms with Crippen molar-refractivity contribution in [3.05, 3.63) is 68.6 Å². The molecular formula is C16H9Br2F5N4O6. The Kier molecular flexibility index (Phi) is 7.57. The van der Waals surface area contributed by atoms with Gasteiger partial charge in [-0.1, -0.05) is 6.92 Å². The van der Waals surface area contributed by atoms with E-state index in [4.69, 9.17) is 0 Å². The molecule has 0 bridgehead atoms. The van der Waals surface area contributed by atoms with Crippen molar-refractivity contribution in [2.24, 2.45) is 0 Å². The van der Waals surface area contributed by atoms with Gasteiger partial charge in [0.25, 0.3) is 11.4 Å². The first-order valence-corrected chi connectivity index (χ1v) is 10.1. The van der Waals surface area contributed by atoms with Crippen LogP contribution in [-0.4, -0.2) is 21.3 Å². The summed E-state index contributed by atoms with van der Waals surface area (Å²) in [4.78, 5) is 30.2. The minimum absolute atomic E-state index is 0.0233. The molecule has 33 heavy (non-hydrogen) atoms. The van der Waals surface area contributed by atoms with E-state index < -0.39 is 82.1 Å². The van der Waals surface area contributed by atoms with Gasteiger partial charge in [0.1, 0.15) is 5.69 Å². The molecule has 0 aliphatic heterocycles. The Morgan fingerprint density at radius 3 is 1.79 bits per heavy atom. The van der Waals surface area contributed by atoms with E-state index in [1.165, 1.54) is 6.92 Å². The van der Waals surface area contributed by atoms with Gasteiger partial charge < -0.3 is 4.90 Å². The number of hydrogen-bond donors (Lipinski definition) is 0. The molecule has 0 aliphatic rings. The predicted molar refractivity (Wildman–Crippen MR) is 110 cm³/mol. The quantitative estimate of drug-likeness (QED) is 0.147. The summed E-state index contributed by atoms with van der Waals surface area (Å²) >= 11 is 5.30. The van der Waals surface area contributed by atoms with Crippen LogP contribution in [0.15, 0.2) is 21.1 Å². The van der Waals surface area contributed by atoms with Crippen LogP contribution in [0.4, 0.5) is 50.4 Å². The number of rotatable bonds is 7. The molecule has 0 amide bonds. The van der Waals surface area contributed by atoms with Gasteiger partial charge in [0.05, 0.1) is 41.0 Å². The Balaban J connectivity index is 3.10. The lowest BCUT2D eigenvalue weighted by Gasteiger charge is -2.29. The number of halogens is 7. The van der Waals surface area contributed by atoms with Crippen molar-refractivity contribution in [2.75, 3.05) is 11.4 Å². The molecule has 0 radical (unpaired) electrons.